The Bertz CT molecular complexity index is 353. The first-order chi connectivity index (χ1) is 8.79. The zero-order valence-corrected chi connectivity index (χ0v) is 13.0. The Hall–Kier alpha value is 0.260. The molecule has 1 saturated heterocycles. The second-order valence-electron chi connectivity index (χ2n) is 4.45. The van der Waals surface area contributed by atoms with Crippen LogP contribution in [0.25, 0.3) is 0 Å². The Morgan fingerprint density at radius 2 is 2.44 bits per heavy atom. The van der Waals surface area contributed by atoms with E-state index in [0.717, 1.165) is 41.8 Å². The minimum absolute atomic E-state index is 0.330. The van der Waals surface area contributed by atoms with Gasteiger partial charge in [-0.05, 0) is 31.5 Å². The molecule has 0 spiro atoms. The average Bonchev–Trinajstić information content (AvgIpc) is 2.81. The normalized spacial score (nSPS) is 22.0. The maximum absolute atomic E-state index is 6.00. The zero-order valence-electron chi connectivity index (χ0n) is 10.7. The van der Waals surface area contributed by atoms with Crippen LogP contribution < -0.4 is 5.32 Å². The van der Waals surface area contributed by atoms with E-state index in [9.17, 15) is 0 Å². The van der Waals surface area contributed by atoms with Crippen LogP contribution in [0.3, 0.4) is 0 Å². The number of thioether (sulfide) groups is 1. The van der Waals surface area contributed by atoms with Gasteiger partial charge in [-0.1, -0.05) is 18.5 Å². The molecule has 5 heteroatoms. The van der Waals surface area contributed by atoms with Crippen molar-refractivity contribution >= 4 is 34.7 Å². The van der Waals surface area contributed by atoms with Crippen LogP contribution in [0.1, 0.15) is 18.2 Å². The summed E-state index contributed by atoms with van der Waals surface area (Å²) in [5.41, 5.74) is 0. The van der Waals surface area contributed by atoms with Gasteiger partial charge in [-0.25, -0.2) is 0 Å². The molecule has 1 aliphatic heterocycles. The largest absolute Gasteiger partial charge is 0.375 e. The molecule has 1 N–H and O–H groups in total. The molecule has 0 bridgehead atoms. The minimum Gasteiger partial charge on any atom is -0.375 e. The molecule has 2 unspecified atom stereocenters. The average molecular weight is 306 g/mol. The second-order valence-corrected chi connectivity index (χ2v) is 7.40. The summed E-state index contributed by atoms with van der Waals surface area (Å²) < 4.78 is 6.78. The van der Waals surface area contributed by atoms with Crippen LogP contribution in [0.5, 0.6) is 0 Å². The van der Waals surface area contributed by atoms with Gasteiger partial charge in [0.25, 0.3) is 0 Å². The topological polar surface area (TPSA) is 21.3 Å². The molecule has 0 aliphatic carbocycles. The maximum Gasteiger partial charge on any atom is 0.0931 e. The van der Waals surface area contributed by atoms with Crippen LogP contribution in [0.2, 0.25) is 4.34 Å². The first kappa shape index (κ1) is 14.7. The lowest BCUT2D eigenvalue weighted by molar-refractivity contribution is 0.0474. The molecule has 1 aromatic heterocycles. The van der Waals surface area contributed by atoms with E-state index < -0.39 is 0 Å². The number of rotatable bonds is 6. The second kappa shape index (κ2) is 7.75. The van der Waals surface area contributed by atoms with E-state index in [-0.39, 0.29) is 0 Å². The molecule has 2 atom stereocenters. The highest BCUT2D eigenvalue weighted by Crippen LogP contribution is 2.25. The predicted molar refractivity (Wildman–Crippen MR) is 82.2 cm³/mol. The number of ether oxygens (including phenoxy) is 1. The van der Waals surface area contributed by atoms with Crippen LogP contribution in [0.15, 0.2) is 12.1 Å². The molecule has 1 aliphatic rings. The van der Waals surface area contributed by atoms with Gasteiger partial charge < -0.3 is 10.1 Å². The van der Waals surface area contributed by atoms with Crippen LogP contribution in [0.4, 0.5) is 0 Å². The predicted octanol–water partition coefficient (Wildman–Crippen LogP) is 3.44. The van der Waals surface area contributed by atoms with E-state index in [1.807, 2.05) is 17.8 Å². The lowest BCUT2D eigenvalue weighted by Crippen LogP contribution is -2.46. The molecule has 0 aromatic carbocycles. The third kappa shape index (κ3) is 4.42. The molecule has 1 aromatic rings. The highest BCUT2D eigenvalue weighted by molar-refractivity contribution is 7.99. The fraction of sp³-hybridized carbons (Fsp3) is 0.692. The third-order valence-electron chi connectivity index (χ3n) is 3.00. The fourth-order valence-corrected chi connectivity index (χ4v) is 4.17. The van der Waals surface area contributed by atoms with Crippen LogP contribution >= 0.6 is 34.7 Å². The third-order valence-corrected chi connectivity index (χ3v) is 5.27. The fourth-order valence-electron chi connectivity index (χ4n) is 2.08. The van der Waals surface area contributed by atoms with Crippen molar-refractivity contribution < 1.29 is 4.74 Å². The van der Waals surface area contributed by atoms with E-state index in [1.54, 1.807) is 11.3 Å². The summed E-state index contributed by atoms with van der Waals surface area (Å²) in [4.78, 5) is 1.34. The smallest absolute Gasteiger partial charge is 0.0931 e. The Labute approximate surface area is 122 Å². The van der Waals surface area contributed by atoms with Gasteiger partial charge in [0, 0.05) is 22.4 Å². The first-order valence-corrected chi connectivity index (χ1v) is 8.81. The van der Waals surface area contributed by atoms with Gasteiger partial charge in [0.15, 0.2) is 0 Å². The quantitative estimate of drug-likeness (QED) is 0.870. The van der Waals surface area contributed by atoms with Crippen LogP contribution in [0, 0.1) is 0 Å². The molecular weight excluding hydrogens is 286 g/mol. The summed E-state index contributed by atoms with van der Waals surface area (Å²) in [7, 11) is 0. The number of hydrogen-bond acceptors (Lipinski definition) is 4. The van der Waals surface area contributed by atoms with Crippen molar-refractivity contribution in [2.24, 2.45) is 0 Å². The van der Waals surface area contributed by atoms with E-state index >= 15 is 0 Å². The van der Waals surface area contributed by atoms with Crippen molar-refractivity contribution in [2.45, 2.75) is 31.9 Å². The molecule has 18 heavy (non-hydrogen) atoms. The van der Waals surface area contributed by atoms with E-state index in [2.05, 4.69) is 18.3 Å². The molecular formula is C13H20ClNOS2. The van der Waals surface area contributed by atoms with E-state index in [4.69, 9.17) is 16.3 Å². The molecule has 2 rings (SSSR count). The highest BCUT2D eigenvalue weighted by atomic mass is 35.5. The van der Waals surface area contributed by atoms with Gasteiger partial charge in [0.05, 0.1) is 17.0 Å². The lowest BCUT2D eigenvalue weighted by atomic mass is 10.1. The molecule has 2 nitrogen and oxygen atoms in total. The molecule has 0 amide bonds. The number of nitrogens with one attached hydrogen (secondary N) is 1. The molecule has 0 radical (unpaired) electrons. The molecule has 102 valence electrons. The van der Waals surface area contributed by atoms with Crippen molar-refractivity contribution in [3.8, 4) is 0 Å². The highest BCUT2D eigenvalue weighted by Gasteiger charge is 2.25. The van der Waals surface area contributed by atoms with Crippen molar-refractivity contribution in [3.05, 3.63) is 21.3 Å². The molecule has 2 heterocycles. The zero-order chi connectivity index (χ0) is 12.8. The van der Waals surface area contributed by atoms with Crippen molar-refractivity contribution in [1.29, 1.82) is 0 Å². The summed E-state index contributed by atoms with van der Waals surface area (Å²) in [6, 6.07) is 4.52. The Kier molecular flexibility index (Phi) is 6.32. The van der Waals surface area contributed by atoms with Gasteiger partial charge >= 0.3 is 0 Å². The number of hydrogen-bond donors (Lipinski definition) is 1. The summed E-state index contributed by atoms with van der Waals surface area (Å²) in [5.74, 6) is 2.22. The van der Waals surface area contributed by atoms with Crippen LogP contribution in [-0.4, -0.2) is 36.8 Å². The van der Waals surface area contributed by atoms with Gasteiger partial charge in [-0.2, -0.15) is 11.8 Å². The van der Waals surface area contributed by atoms with Gasteiger partial charge in [-0.3, -0.25) is 0 Å². The van der Waals surface area contributed by atoms with Crippen LogP contribution in [-0.2, 0) is 11.2 Å². The standard InChI is InChI=1S/C13H20ClNOS2/c1-2-5-15-11(12-9-17-7-6-16-12)8-10-3-4-13(14)18-10/h3-4,11-12,15H,2,5-9H2,1H3. The van der Waals surface area contributed by atoms with Crippen molar-refractivity contribution in [2.75, 3.05) is 24.7 Å². The minimum atomic E-state index is 0.330. The summed E-state index contributed by atoms with van der Waals surface area (Å²) in [6.07, 6.45) is 2.50. The maximum atomic E-state index is 6.00. The monoisotopic (exact) mass is 305 g/mol. The Morgan fingerprint density at radius 1 is 1.56 bits per heavy atom. The summed E-state index contributed by atoms with van der Waals surface area (Å²) in [5, 5.41) is 3.62. The van der Waals surface area contributed by atoms with Crippen molar-refractivity contribution in [1.82, 2.24) is 5.32 Å². The Balaban J connectivity index is 1.94. The molecule has 0 saturated carbocycles. The summed E-state index contributed by atoms with van der Waals surface area (Å²) in [6.45, 7) is 4.13. The van der Waals surface area contributed by atoms with E-state index in [0.29, 0.717) is 12.1 Å². The SMILES string of the molecule is CCCNC(Cc1ccc(Cl)s1)C1CSCCO1. The number of thiophene rings is 1. The lowest BCUT2D eigenvalue weighted by Gasteiger charge is -2.30. The van der Waals surface area contributed by atoms with Gasteiger partial charge in [0.1, 0.15) is 0 Å². The van der Waals surface area contributed by atoms with Gasteiger partial charge in [-0.15, -0.1) is 11.3 Å². The van der Waals surface area contributed by atoms with Crippen molar-refractivity contribution in [3.63, 3.8) is 0 Å². The van der Waals surface area contributed by atoms with E-state index in [1.165, 1.54) is 4.88 Å². The number of halogens is 1. The first-order valence-electron chi connectivity index (χ1n) is 6.46. The molecule has 1 fully saturated rings. The summed E-state index contributed by atoms with van der Waals surface area (Å²) >= 11 is 9.67. The Morgan fingerprint density at radius 3 is 3.06 bits per heavy atom. The van der Waals surface area contributed by atoms with Gasteiger partial charge in [0.2, 0.25) is 0 Å².